The summed E-state index contributed by atoms with van der Waals surface area (Å²) in [5, 5.41) is 34.9. The molecule has 3 aromatic carbocycles. The van der Waals surface area contributed by atoms with E-state index >= 15 is 4.39 Å². The molecule has 0 saturated carbocycles. The Bertz CT molecular complexity index is 3530. The van der Waals surface area contributed by atoms with Crippen LogP contribution in [0.5, 0.6) is 17.6 Å². The molecule has 2 amide bonds. The van der Waals surface area contributed by atoms with Crippen molar-refractivity contribution in [1.29, 1.82) is 0 Å². The maximum absolute atomic E-state index is 17.4. The topological polar surface area (TPSA) is 208 Å². The van der Waals surface area contributed by atoms with Gasteiger partial charge in [0.25, 0.3) is 5.88 Å². The second-order valence-corrected chi connectivity index (χ2v) is 25.0. The van der Waals surface area contributed by atoms with Gasteiger partial charge in [-0.2, -0.15) is 9.97 Å². The normalized spacial score (nSPS) is 24.6. The first-order chi connectivity index (χ1) is 39.7. The van der Waals surface area contributed by atoms with E-state index in [1.54, 1.807) is 35.7 Å². The van der Waals surface area contributed by atoms with Crippen LogP contribution in [0.4, 0.5) is 10.2 Å². The number of piperazine rings is 1. The number of aryl methyl sites for hydroxylation is 2. The second-order valence-electron chi connectivity index (χ2n) is 24.2. The quantitative estimate of drug-likeness (QED) is 0.0676. The average molecular weight is 1130 g/mol. The Morgan fingerprint density at radius 3 is 2.55 bits per heavy atom. The third-order valence-electron chi connectivity index (χ3n) is 18.4. The van der Waals surface area contributed by atoms with E-state index in [0.29, 0.717) is 66.2 Å². The molecule has 6 fully saturated rings. The van der Waals surface area contributed by atoms with Crippen LogP contribution >= 0.6 is 11.3 Å². The van der Waals surface area contributed by atoms with E-state index < -0.39 is 23.9 Å². The number of pyridine rings is 1. The molecule has 4 aromatic heterocycles. The number of likely N-dealkylation sites (tertiary alicyclic amines) is 2. The molecule has 6 aliphatic rings. The monoisotopic (exact) mass is 1130 g/mol. The first-order valence-corrected chi connectivity index (χ1v) is 30.2. The van der Waals surface area contributed by atoms with Crippen molar-refractivity contribution in [2.24, 2.45) is 5.92 Å². The highest BCUT2D eigenvalue weighted by atomic mass is 32.1. The average Bonchev–Trinajstić information content (AvgIpc) is 3.73. The minimum Gasteiger partial charge on any atom is -0.508 e. The van der Waals surface area contributed by atoms with E-state index in [1.165, 1.54) is 4.90 Å². The van der Waals surface area contributed by atoms with Crippen molar-refractivity contribution in [1.82, 2.24) is 50.4 Å². The van der Waals surface area contributed by atoms with E-state index in [0.717, 1.165) is 109 Å². The molecule has 6 saturated heterocycles. The molecule has 0 radical (unpaired) electrons. The van der Waals surface area contributed by atoms with Crippen molar-refractivity contribution >= 4 is 50.6 Å². The molecule has 430 valence electrons. The number of anilines is 1. The fourth-order valence-electron chi connectivity index (χ4n) is 14.3. The third kappa shape index (κ3) is 10.2. The molecule has 0 spiro atoms. The van der Waals surface area contributed by atoms with Crippen LogP contribution in [0.1, 0.15) is 107 Å². The van der Waals surface area contributed by atoms with Gasteiger partial charge in [0.05, 0.1) is 39.2 Å². The van der Waals surface area contributed by atoms with Crippen LogP contribution in [0.2, 0.25) is 0 Å². The lowest BCUT2D eigenvalue weighted by atomic mass is 9.91. The molecule has 20 heteroatoms. The molecule has 2 unspecified atom stereocenters. The number of amides is 2. The predicted octanol–water partition coefficient (Wildman–Crippen LogP) is 8.33. The zero-order chi connectivity index (χ0) is 56.6. The van der Waals surface area contributed by atoms with E-state index in [4.69, 9.17) is 28.9 Å². The van der Waals surface area contributed by atoms with Crippen LogP contribution in [0.25, 0.3) is 43.4 Å². The van der Waals surface area contributed by atoms with Crippen LogP contribution in [-0.4, -0.2) is 156 Å². The summed E-state index contributed by atoms with van der Waals surface area (Å²) in [7, 11) is 0. The van der Waals surface area contributed by atoms with E-state index in [2.05, 4.69) is 42.4 Å². The summed E-state index contributed by atoms with van der Waals surface area (Å²) in [5.41, 5.74) is 6.43. The second kappa shape index (κ2) is 22.1. The Kier molecular flexibility index (Phi) is 14.6. The van der Waals surface area contributed by atoms with Gasteiger partial charge >= 0.3 is 6.01 Å². The number of thiazole rings is 1. The van der Waals surface area contributed by atoms with E-state index in [9.17, 15) is 19.8 Å². The Balaban J connectivity index is 0.649. The van der Waals surface area contributed by atoms with Gasteiger partial charge in [0.2, 0.25) is 11.8 Å². The lowest BCUT2D eigenvalue weighted by Gasteiger charge is -2.42. The summed E-state index contributed by atoms with van der Waals surface area (Å²) in [6.07, 6.45) is 7.75. The number of aliphatic hydroxyl groups is 1. The summed E-state index contributed by atoms with van der Waals surface area (Å²) in [5.74, 6) is -0.799. The SMILES string of the molecule is CCc1cccc2cc(O)cc(-c3ncc4c(N5CC6CCC(C5)N6)nc(OC[C@@]56CCCN5[C@H](CN5CC(Oc7cc([C@@H](C(=O)N8C[C@H](O)C[C@H]8C(=O)N[C@@H](C)c8ccc(-c9scnc9C)cc8)C(C)C)on7)C5)CC6)nc4c3F)c12. The van der Waals surface area contributed by atoms with Gasteiger partial charge in [-0.1, -0.05) is 63.2 Å². The molecule has 7 aromatic rings. The molecular weight excluding hydrogens is 1060 g/mol. The first kappa shape index (κ1) is 54.4. The minimum atomic E-state index is -0.847. The Morgan fingerprint density at radius 2 is 1.79 bits per heavy atom. The van der Waals surface area contributed by atoms with Gasteiger partial charge in [0.15, 0.2) is 11.6 Å². The number of carbonyl (C=O) groups excluding carboxylic acids is 2. The Labute approximate surface area is 480 Å². The standard InChI is InChI=1S/C62H72FN11O7S/c1-6-37-9-7-10-40-21-44(75)22-47(53(37)40)55-54(63)56-48(25-64-55)58(72-26-41-15-16-42(27-72)67-41)69-61(68-56)79-32-62-18-8-20-74(62)43(17-19-62)28-71-30-46(31-71)80-51-24-50(81-70-51)52(34(2)3)60(78)73-29-45(76)23-49(73)59(77)66-35(4)38-11-13-39(14-12-38)57-36(5)65-33-82-57/h7,9-14,21-22,24-25,33-35,41-43,45-46,49,52,67,75-76H,6,8,15-20,23,26-32H2,1-5H3,(H,66,77)/t35-,41?,42?,43-,45+,49-,52-,62-/m0/s1. The van der Waals surface area contributed by atoms with Gasteiger partial charge in [0.1, 0.15) is 47.4 Å². The molecule has 4 N–H and O–H groups in total. The number of nitrogens with one attached hydrogen (secondary N) is 2. The highest BCUT2D eigenvalue weighted by Crippen LogP contribution is 2.45. The Hall–Kier alpha value is -6.84. The number of benzene rings is 3. The number of rotatable bonds is 17. The number of hydrogen-bond donors (Lipinski definition) is 4. The number of phenols is 1. The summed E-state index contributed by atoms with van der Waals surface area (Å²) >= 11 is 1.59. The molecule has 13 rings (SSSR count). The highest BCUT2D eigenvalue weighted by molar-refractivity contribution is 7.13. The number of aliphatic hydroxyl groups excluding tert-OH is 1. The largest absolute Gasteiger partial charge is 0.508 e. The molecule has 10 heterocycles. The molecule has 0 aliphatic carbocycles. The van der Waals surface area contributed by atoms with Crippen LogP contribution in [0.3, 0.4) is 0 Å². The predicted molar refractivity (Wildman–Crippen MR) is 311 cm³/mol. The number of ether oxygens (including phenoxy) is 2. The van der Waals surface area contributed by atoms with Gasteiger partial charge < -0.3 is 44.6 Å². The van der Waals surface area contributed by atoms with Gasteiger partial charge in [-0.15, -0.1) is 11.3 Å². The van der Waals surface area contributed by atoms with Crippen LogP contribution in [-0.2, 0) is 16.0 Å². The summed E-state index contributed by atoms with van der Waals surface area (Å²) in [6, 6.07) is 18.9. The number of carbonyl (C=O) groups is 2. The van der Waals surface area contributed by atoms with Crippen molar-refractivity contribution < 1.29 is 38.2 Å². The van der Waals surface area contributed by atoms with Crippen LogP contribution in [0, 0.1) is 18.7 Å². The fourth-order valence-corrected chi connectivity index (χ4v) is 15.1. The lowest BCUT2D eigenvalue weighted by molar-refractivity contribution is -0.141. The highest BCUT2D eigenvalue weighted by Gasteiger charge is 2.51. The van der Waals surface area contributed by atoms with Gasteiger partial charge in [0, 0.05) is 81.6 Å². The molecule has 82 heavy (non-hydrogen) atoms. The van der Waals surface area contributed by atoms with Crippen molar-refractivity contribution in [3.05, 3.63) is 101 Å². The van der Waals surface area contributed by atoms with Gasteiger partial charge in [-0.3, -0.25) is 24.4 Å². The van der Waals surface area contributed by atoms with Crippen molar-refractivity contribution in [3.63, 3.8) is 0 Å². The number of β-amino-alcohol motifs (C(OH)–C–C–N with tert-alkyl or cyclic N) is 1. The number of hydrogen-bond acceptors (Lipinski definition) is 17. The number of fused-ring (bicyclic) bond motifs is 5. The molecule has 2 bridgehead atoms. The van der Waals surface area contributed by atoms with Crippen LogP contribution < -0.4 is 25.0 Å². The zero-order valence-corrected chi connectivity index (χ0v) is 48.0. The van der Waals surface area contributed by atoms with E-state index in [-0.39, 0.29) is 71.4 Å². The maximum Gasteiger partial charge on any atom is 0.319 e. The smallest absolute Gasteiger partial charge is 0.319 e. The van der Waals surface area contributed by atoms with Crippen LogP contribution in [0.15, 0.2) is 76.9 Å². The molecule has 8 atom stereocenters. The summed E-state index contributed by atoms with van der Waals surface area (Å²) in [4.78, 5) is 57.2. The molecule has 6 aliphatic heterocycles. The summed E-state index contributed by atoms with van der Waals surface area (Å²) < 4.78 is 36.3. The van der Waals surface area contributed by atoms with E-state index in [1.807, 2.05) is 75.7 Å². The molecular formula is C62H72FN11O7S. The zero-order valence-electron chi connectivity index (χ0n) is 47.2. The maximum atomic E-state index is 17.4. The number of aromatic nitrogens is 5. The van der Waals surface area contributed by atoms with Gasteiger partial charge in [-0.05, 0) is 116 Å². The van der Waals surface area contributed by atoms with Crippen molar-refractivity contribution in [2.45, 2.75) is 140 Å². The lowest BCUT2D eigenvalue weighted by Crippen LogP contribution is -2.58. The third-order valence-corrected chi connectivity index (χ3v) is 19.4. The Morgan fingerprint density at radius 1 is 0.988 bits per heavy atom. The number of halogens is 1. The van der Waals surface area contributed by atoms with Gasteiger partial charge in [-0.25, -0.2) is 9.37 Å². The summed E-state index contributed by atoms with van der Waals surface area (Å²) in [6.45, 7) is 15.0. The number of phenolic OH excluding ortho intramolecular Hbond substituents is 1. The number of aromatic hydroxyl groups is 1. The first-order valence-electron chi connectivity index (χ1n) is 29.4. The molecule has 18 nitrogen and oxygen atoms in total. The fraction of sp³-hybridized carbons (Fsp3) is 0.500. The minimum absolute atomic E-state index is 0.0397. The van der Waals surface area contributed by atoms with Crippen molar-refractivity contribution in [3.8, 4) is 39.3 Å². The number of nitrogens with zero attached hydrogens (tertiary/aromatic N) is 9. The van der Waals surface area contributed by atoms with Crippen molar-refractivity contribution in [2.75, 3.05) is 57.3 Å².